The van der Waals surface area contributed by atoms with Crippen molar-refractivity contribution in [3.05, 3.63) is 96.1 Å². The fraction of sp³-hybridized carbons (Fsp3) is 0.406. The molecule has 1 amide bonds. The Morgan fingerprint density at radius 2 is 1.39 bits per heavy atom. The number of carbonyl (C=O) groups excluding carboxylic acids is 1. The van der Waals surface area contributed by atoms with E-state index in [1.165, 1.54) is 15.4 Å². The van der Waals surface area contributed by atoms with Gasteiger partial charge in [0.05, 0.1) is 10.9 Å². The van der Waals surface area contributed by atoms with Crippen LogP contribution < -0.4 is 10.1 Å². The molecular formula is C32H39N3O5S. The fourth-order valence-electron chi connectivity index (χ4n) is 5.39. The zero-order chi connectivity index (χ0) is 29.0. The summed E-state index contributed by atoms with van der Waals surface area (Å²) >= 11 is 0. The highest BCUT2D eigenvalue weighted by molar-refractivity contribution is 7.89. The number of nitrogens with zero attached hydrogens (tertiary/aromatic N) is 2. The second-order valence-corrected chi connectivity index (χ2v) is 13.7. The van der Waals surface area contributed by atoms with Gasteiger partial charge in [0.2, 0.25) is 10.0 Å². The third-order valence-corrected chi connectivity index (χ3v) is 9.32. The van der Waals surface area contributed by atoms with Crippen molar-refractivity contribution >= 4 is 16.1 Å². The number of likely N-dealkylation sites (tertiary alicyclic amines) is 1. The molecular weight excluding hydrogens is 538 g/mol. The average Bonchev–Trinajstić information content (AvgIpc) is 2.92. The first-order valence-corrected chi connectivity index (χ1v) is 15.6. The monoisotopic (exact) mass is 577 g/mol. The average molecular weight is 578 g/mol. The number of alkyl carbamates (subject to hydrolysis) is 1. The van der Waals surface area contributed by atoms with Crippen molar-refractivity contribution in [2.75, 3.05) is 26.2 Å². The summed E-state index contributed by atoms with van der Waals surface area (Å²) in [6.45, 7) is 7.66. The van der Waals surface area contributed by atoms with E-state index < -0.39 is 21.7 Å². The lowest BCUT2D eigenvalue weighted by Gasteiger charge is -2.44. The number of rotatable bonds is 8. The maximum absolute atomic E-state index is 13.3. The minimum absolute atomic E-state index is 0.0314. The smallest absolute Gasteiger partial charge is 0.407 e. The van der Waals surface area contributed by atoms with Gasteiger partial charge in [-0.05, 0) is 69.0 Å². The lowest BCUT2D eigenvalue weighted by molar-refractivity contribution is 0.000262. The summed E-state index contributed by atoms with van der Waals surface area (Å²) < 4.78 is 39.5. The molecule has 0 aliphatic carbocycles. The summed E-state index contributed by atoms with van der Waals surface area (Å²) in [6.07, 6.45) is 0.624. The van der Waals surface area contributed by atoms with Crippen LogP contribution in [-0.4, -0.2) is 67.6 Å². The van der Waals surface area contributed by atoms with Crippen LogP contribution in [0.4, 0.5) is 4.79 Å². The highest BCUT2D eigenvalue weighted by Crippen LogP contribution is 2.33. The standard InChI is InChI=1S/C32H39N3O5S/c1-32(2,3)40-31(36)33-26-18-20-35(21-19-26)41(37,38)29-16-14-27(15-17-29)39-28-22-34(23-28)30(24-10-6-4-7-11-24)25-12-8-5-9-13-25/h4-17,26,28,30H,18-23H2,1-3H3,(H,33,36). The summed E-state index contributed by atoms with van der Waals surface area (Å²) in [5.74, 6) is 0.657. The van der Waals surface area contributed by atoms with Crippen molar-refractivity contribution in [1.29, 1.82) is 0 Å². The van der Waals surface area contributed by atoms with E-state index in [1.54, 1.807) is 24.3 Å². The van der Waals surface area contributed by atoms with Crippen LogP contribution in [-0.2, 0) is 14.8 Å². The Morgan fingerprint density at radius 1 is 0.854 bits per heavy atom. The second kappa shape index (κ2) is 12.2. The van der Waals surface area contributed by atoms with E-state index in [1.807, 2.05) is 32.9 Å². The molecule has 0 bridgehead atoms. The number of amides is 1. The van der Waals surface area contributed by atoms with Gasteiger partial charge in [-0.15, -0.1) is 0 Å². The number of nitrogens with one attached hydrogen (secondary N) is 1. The Bertz CT molecular complexity index is 1360. The van der Waals surface area contributed by atoms with Crippen molar-refractivity contribution in [3.63, 3.8) is 0 Å². The molecule has 0 saturated carbocycles. The van der Waals surface area contributed by atoms with Crippen molar-refractivity contribution < 1.29 is 22.7 Å². The van der Waals surface area contributed by atoms with Gasteiger partial charge in [0.25, 0.3) is 0 Å². The second-order valence-electron chi connectivity index (χ2n) is 11.7. The lowest BCUT2D eigenvalue weighted by Crippen LogP contribution is -2.55. The zero-order valence-corrected chi connectivity index (χ0v) is 24.7. The number of sulfonamides is 1. The van der Waals surface area contributed by atoms with Crippen LogP contribution in [0.25, 0.3) is 0 Å². The van der Waals surface area contributed by atoms with Crippen LogP contribution in [0.1, 0.15) is 50.8 Å². The molecule has 2 aliphatic rings. The van der Waals surface area contributed by atoms with Gasteiger partial charge in [0.15, 0.2) is 0 Å². The molecule has 2 fully saturated rings. The van der Waals surface area contributed by atoms with Crippen LogP contribution in [0.15, 0.2) is 89.8 Å². The van der Waals surface area contributed by atoms with Crippen LogP contribution in [0.3, 0.4) is 0 Å². The normalized spacial score (nSPS) is 17.7. The predicted molar refractivity (Wildman–Crippen MR) is 158 cm³/mol. The minimum atomic E-state index is -3.64. The molecule has 0 aromatic heterocycles. The first kappa shape index (κ1) is 29.1. The van der Waals surface area contributed by atoms with Gasteiger partial charge < -0.3 is 14.8 Å². The summed E-state index contributed by atoms with van der Waals surface area (Å²) in [7, 11) is -3.64. The van der Waals surface area contributed by atoms with E-state index >= 15 is 0 Å². The maximum atomic E-state index is 13.3. The number of hydrogen-bond acceptors (Lipinski definition) is 6. The first-order valence-electron chi connectivity index (χ1n) is 14.2. The molecule has 5 rings (SSSR count). The van der Waals surface area contributed by atoms with Gasteiger partial charge in [0.1, 0.15) is 17.5 Å². The lowest BCUT2D eigenvalue weighted by atomic mass is 9.94. The van der Waals surface area contributed by atoms with Gasteiger partial charge >= 0.3 is 6.09 Å². The molecule has 2 heterocycles. The predicted octanol–water partition coefficient (Wildman–Crippen LogP) is 5.22. The first-order chi connectivity index (χ1) is 19.6. The number of carbonyl (C=O) groups is 1. The van der Waals surface area contributed by atoms with Crippen LogP contribution in [0.5, 0.6) is 5.75 Å². The molecule has 2 aliphatic heterocycles. The number of hydrogen-bond donors (Lipinski definition) is 1. The molecule has 2 saturated heterocycles. The molecule has 9 heteroatoms. The van der Waals surface area contributed by atoms with E-state index in [-0.39, 0.29) is 23.1 Å². The van der Waals surface area contributed by atoms with E-state index in [2.05, 4.69) is 58.7 Å². The topological polar surface area (TPSA) is 88.2 Å². The van der Waals surface area contributed by atoms with E-state index in [0.29, 0.717) is 31.7 Å². The third-order valence-electron chi connectivity index (χ3n) is 7.41. The molecule has 218 valence electrons. The summed E-state index contributed by atoms with van der Waals surface area (Å²) in [5.41, 5.74) is 1.92. The SMILES string of the molecule is CC(C)(C)OC(=O)NC1CCN(S(=O)(=O)c2ccc(OC3CN(C(c4ccccc4)c4ccccc4)C3)cc2)CC1. The van der Waals surface area contributed by atoms with Crippen molar-refractivity contribution in [3.8, 4) is 5.75 Å². The Balaban J connectivity index is 1.14. The molecule has 1 N–H and O–H groups in total. The van der Waals surface area contributed by atoms with Gasteiger partial charge in [-0.3, -0.25) is 4.90 Å². The highest BCUT2D eigenvalue weighted by Gasteiger charge is 2.36. The number of ether oxygens (including phenoxy) is 2. The van der Waals surface area contributed by atoms with Gasteiger partial charge in [-0.25, -0.2) is 13.2 Å². The third kappa shape index (κ3) is 7.28. The number of benzene rings is 3. The summed E-state index contributed by atoms with van der Waals surface area (Å²) in [5, 5.41) is 2.85. The van der Waals surface area contributed by atoms with Crippen molar-refractivity contribution in [1.82, 2.24) is 14.5 Å². The van der Waals surface area contributed by atoms with Gasteiger partial charge in [-0.2, -0.15) is 4.31 Å². The molecule has 3 aromatic carbocycles. The van der Waals surface area contributed by atoms with Crippen LogP contribution >= 0.6 is 0 Å². The Kier molecular flexibility index (Phi) is 8.68. The van der Waals surface area contributed by atoms with Crippen LogP contribution in [0, 0.1) is 0 Å². The largest absolute Gasteiger partial charge is 0.488 e. The minimum Gasteiger partial charge on any atom is -0.488 e. The van der Waals surface area contributed by atoms with Gasteiger partial charge in [-0.1, -0.05) is 60.7 Å². The van der Waals surface area contributed by atoms with E-state index in [9.17, 15) is 13.2 Å². The molecule has 41 heavy (non-hydrogen) atoms. The van der Waals surface area contributed by atoms with E-state index in [0.717, 1.165) is 13.1 Å². The molecule has 0 radical (unpaired) electrons. The zero-order valence-electron chi connectivity index (χ0n) is 23.9. The molecule has 3 aromatic rings. The molecule has 0 spiro atoms. The summed E-state index contributed by atoms with van der Waals surface area (Å²) in [6, 6.07) is 27.7. The number of piperidine rings is 1. The summed E-state index contributed by atoms with van der Waals surface area (Å²) in [4.78, 5) is 14.7. The van der Waals surface area contributed by atoms with Crippen LogP contribution in [0.2, 0.25) is 0 Å². The van der Waals surface area contributed by atoms with Crippen molar-refractivity contribution in [2.45, 2.75) is 62.3 Å². The Labute approximate surface area is 243 Å². The molecule has 0 unspecified atom stereocenters. The van der Waals surface area contributed by atoms with Gasteiger partial charge in [0, 0.05) is 32.2 Å². The highest BCUT2D eigenvalue weighted by atomic mass is 32.2. The Morgan fingerprint density at radius 3 is 1.90 bits per heavy atom. The van der Waals surface area contributed by atoms with E-state index in [4.69, 9.17) is 9.47 Å². The molecule has 0 atom stereocenters. The fourth-order valence-corrected chi connectivity index (χ4v) is 6.86. The Hall–Kier alpha value is -3.40. The molecule has 8 nitrogen and oxygen atoms in total. The van der Waals surface area contributed by atoms with Crippen molar-refractivity contribution in [2.24, 2.45) is 0 Å². The quantitative estimate of drug-likeness (QED) is 0.395. The maximum Gasteiger partial charge on any atom is 0.407 e.